The maximum absolute atomic E-state index is 12.3. The number of likely N-dealkylation sites (tertiary alicyclic amines) is 1. The molecule has 0 spiro atoms. The summed E-state index contributed by atoms with van der Waals surface area (Å²) < 4.78 is 16.3. The van der Waals surface area contributed by atoms with E-state index in [0.717, 1.165) is 24.3 Å². The van der Waals surface area contributed by atoms with Gasteiger partial charge in [-0.15, -0.1) is 10.2 Å². The smallest absolute Gasteiger partial charge is 0.235 e. The zero-order valence-corrected chi connectivity index (χ0v) is 14.4. The fraction of sp³-hybridized carbons (Fsp3) is 0.500. The van der Waals surface area contributed by atoms with Crippen LogP contribution in [0.2, 0.25) is 0 Å². The number of hydrogen-bond acceptors (Lipinski definition) is 6. The predicted octanol–water partition coefficient (Wildman–Crippen LogP) is 2.48. The molecule has 1 aromatic carbocycles. The Morgan fingerprint density at radius 3 is 2.88 bits per heavy atom. The number of nitrogens with zero attached hydrogens (tertiary/aromatic N) is 3. The van der Waals surface area contributed by atoms with E-state index >= 15 is 0 Å². The van der Waals surface area contributed by atoms with Crippen molar-refractivity contribution in [3.8, 4) is 11.5 Å². The number of hydrogen-bond donors (Lipinski definition) is 0. The first kappa shape index (κ1) is 15.9. The molecule has 25 heavy (non-hydrogen) atoms. The van der Waals surface area contributed by atoms with Crippen molar-refractivity contribution >= 4 is 5.91 Å². The van der Waals surface area contributed by atoms with E-state index in [1.54, 1.807) is 6.92 Å². The minimum absolute atomic E-state index is 0.00330. The third-order valence-corrected chi connectivity index (χ3v) is 4.83. The highest BCUT2D eigenvalue weighted by atomic mass is 16.7. The maximum Gasteiger partial charge on any atom is 0.235 e. The lowest BCUT2D eigenvalue weighted by Gasteiger charge is -2.40. The number of rotatable bonds is 4. The summed E-state index contributed by atoms with van der Waals surface area (Å²) in [7, 11) is 0. The summed E-state index contributed by atoms with van der Waals surface area (Å²) in [6.07, 6.45) is 2.27. The van der Waals surface area contributed by atoms with E-state index in [-0.39, 0.29) is 18.1 Å². The van der Waals surface area contributed by atoms with Crippen LogP contribution < -0.4 is 9.47 Å². The number of aryl methyl sites for hydroxylation is 1. The Labute approximate surface area is 145 Å². The summed E-state index contributed by atoms with van der Waals surface area (Å²) in [5, 5.41) is 7.84. The van der Waals surface area contributed by atoms with Crippen molar-refractivity contribution in [2.75, 3.05) is 13.3 Å². The maximum atomic E-state index is 12.3. The molecule has 1 unspecified atom stereocenters. The summed E-state index contributed by atoms with van der Waals surface area (Å²) in [6, 6.07) is 6.06. The van der Waals surface area contributed by atoms with Gasteiger partial charge >= 0.3 is 0 Å². The van der Waals surface area contributed by atoms with Crippen molar-refractivity contribution in [2.24, 2.45) is 5.41 Å². The number of piperidine rings is 1. The molecule has 0 bridgehead atoms. The van der Waals surface area contributed by atoms with E-state index < -0.39 is 0 Å². The number of benzene rings is 1. The van der Waals surface area contributed by atoms with Crippen molar-refractivity contribution in [3.63, 3.8) is 0 Å². The molecule has 1 fully saturated rings. The highest BCUT2D eigenvalue weighted by Crippen LogP contribution is 2.38. The molecule has 0 N–H and O–H groups in total. The number of aromatic nitrogens is 2. The molecule has 1 amide bonds. The molecule has 7 heteroatoms. The Kier molecular flexibility index (Phi) is 3.86. The van der Waals surface area contributed by atoms with Gasteiger partial charge in [0.25, 0.3) is 0 Å². The van der Waals surface area contributed by atoms with Crippen LogP contribution in [0.25, 0.3) is 0 Å². The summed E-state index contributed by atoms with van der Waals surface area (Å²) in [4.78, 5) is 14.1. The molecule has 132 valence electrons. The van der Waals surface area contributed by atoms with Crippen LogP contribution in [-0.4, -0.2) is 34.3 Å². The van der Waals surface area contributed by atoms with Gasteiger partial charge in [0, 0.05) is 19.9 Å². The van der Waals surface area contributed by atoms with Crippen molar-refractivity contribution in [1.82, 2.24) is 15.1 Å². The molecule has 0 saturated carbocycles. The van der Waals surface area contributed by atoms with Gasteiger partial charge in [0.05, 0.1) is 6.54 Å². The van der Waals surface area contributed by atoms with Crippen LogP contribution in [0.15, 0.2) is 22.6 Å². The number of amides is 1. The highest BCUT2D eigenvalue weighted by molar-refractivity contribution is 5.77. The van der Waals surface area contributed by atoms with Gasteiger partial charge in [-0.1, -0.05) is 13.0 Å². The SMILES string of the molecule is Cc1nnc(CN2CC(C)(Cc3ccc4c(c3)OCO4)CCC2=O)o1. The van der Waals surface area contributed by atoms with Crippen LogP contribution in [-0.2, 0) is 17.8 Å². The zero-order valence-electron chi connectivity index (χ0n) is 14.4. The quantitative estimate of drug-likeness (QED) is 0.849. The van der Waals surface area contributed by atoms with Gasteiger partial charge in [-0.2, -0.15) is 0 Å². The first-order chi connectivity index (χ1) is 12.0. The average Bonchev–Trinajstić information content (AvgIpc) is 3.19. The molecule has 1 saturated heterocycles. The molecular weight excluding hydrogens is 322 g/mol. The Morgan fingerprint density at radius 2 is 2.08 bits per heavy atom. The predicted molar refractivity (Wildman–Crippen MR) is 88.1 cm³/mol. The zero-order chi connectivity index (χ0) is 17.4. The molecule has 2 aromatic rings. The lowest BCUT2D eigenvalue weighted by atomic mass is 9.76. The van der Waals surface area contributed by atoms with E-state index in [0.29, 0.717) is 31.3 Å². The van der Waals surface area contributed by atoms with E-state index in [2.05, 4.69) is 23.2 Å². The second-order valence-electron chi connectivity index (χ2n) is 7.14. The van der Waals surface area contributed by atoms with Crippen LogP contribution in [0, 0.1) is 12.3 Å². The van der Waals surface area contributed by atoms with Gasteiger partial charge in [0.2, 0.25) is 24.5 Å². The number of carbonyl (C=O) groups excluding carboxylic acids is 1. The van der Waals surface area contributed by atoms with E-state index in [1.165, 1.54) is 5.56 Å². The second kappa shape index (κ2) is 6.06. The standard InChI is InChI=1S/C18H21N3O4/c1-12-19-20-16(25-12)9-21-10-18(2,6-5-17(21)22)8-13-3-4-14-15(7-13)24-11-23-14/h3-4,7H,5-6,8-11H2,1-2H3. The van der Waals surface area contributed by atoms with Crippen molar-refractivity contribution in [1.29, 1.82) is 0 Å². The fourth-order valence-corrected chi connectivity index (χ4v) is 3.59. The molecule has 3 heterocycles. The first-order valence-electron chi connectivity index (χ1n) is 8.46. The Hall–Kier alpha value is -2.57. The molecule has 1 aromatic heterocycles. The van der Waals surface area contributed by atoms with Gasteiger partial charge in [0.15, 0.2) is 11.5 Å². The topological polar surface area (TPSA) is 77.7 Å². The van der Waals surface area contributed by atoms with Crippen LogP contribution >= 0.6 is 0 Å². The molecule has 7 nitrogen and oxygen atoms in total. The second-order valence-corrected chi connectivity index (χ2v) is 7.14. The lowest BCUT2D eigenvalue weighted by molar-refractivity contribution is -0.138. The Bertz CT molecular complexity index is 803. The van der Waals surface area contributed by atoms with Gasteiger partial charge < -0.3 is 18.8 Å². The Balaban J connectivity index is 1.48. The first-order valence-corrected chi connectivity index (χ1v) is 8.46. The molecule has 2 aliphatic rings. The van der Waals surface area contributed by atoms with Crippen molar-refractivity contribution < 1.29 is 18.7 Å². The van der Waals surface area contributed by atoms with Crippen molar-refractivity contribution in [3.05, 3.63) is 35.5 Å². The number of fused-ring (bicyclic) bond motifs is 1. The molecule has 1 atom stereocenters. The summed E-state index contributed by atoms with van der Waals surface area (Å²) >= 11 is 0. The van der Waals surface area contributed by atoms with Crippen molar-refractivity contribution in [2.45, 2.75) is 39.7 Å². The van der Waals surface area contributed by atoms with Gasteiger partial charge in [0.1, 0.15) is 0 Å². The monoisotopic (exact) mass is 343 g/mol. The minimum Gasteiger partial charge on any atom is -0.454 e. The molecule has 4 rings (SSSR count). The molecule has 0 aliphatic carbocycles. The largest absolute Gasteiger partial charge is 0.454 e. The molecule has 2 aliphatic heterocycles. The van der Waals surface area contributed by atoms with Crippen LogP contribution in [0.3, 0.4) is 0 Å². The average molecular weight is 343 g/mol. The Morgan fingerprint density at radius 1 is 1.24 bits per heavy atom. The number of ether oxygens (including phenoxy) is 2. The molecule has 0 radical (unpaired) electrons. The third kappa shape index (κ3) is 3.31. The van der Waals surface area contributed by atoms with Gasteiger partial charge in [-0.25, -0.2) is 0 Å². The molecular formula is C18H21N3O4. The summed E-state index contributed by atoms with van der Waals surface area (Å²) in [6.45, 7) is 5.29. The summed E-state index contributed by atoms with van der Waals surface area (Å²) in [5.74, 6) is 2.73. The third-order valence-electron chi connectivity index (χ3n) is 4.83. The van der Waals surface area contributed by atoms with E-state index in [1.807, 2.05) is 17.0 Å². The highest BCUT2D eigenvalue weighted by Gasteiger charge is 2.36. The van der Waals surface area contributed by atoms with Crippen LogP contribution in [0.1, 0.15) is 37.1 Å². The summed E-state index contributed by atoms with van der Waals surface area (Å²) in [5.41, 5.74) is 1.19. The lowest BCUT2D eigenvalue weighted by Crippen LogP contribution is -2.45. The van der Waals surface area contributed by atoms with Crippen LogP contribution in [0.5, 0.6) is 11.5 Å². The number of carbonyl (C=O) groups is 1. The van der Waals surface area contributed by atoms with Crippen LogP contribution in [0.4, 0.5) is 0 Å². The van der Waals surface area contributed by atoms with Gasteiger partial charge in [-0.05, 0) is 36.0 Å². The normalized spacial score (nSPS) is 22.5. The van der Waals surface area contributed by atoms with E-state index in [9.17, 15) is 4.79 Å². The van der Waals surface area contributed by atoms with Gasteiger partial charge in [-0.3, -0.25) is 4.79 Å². The minimum atomic E-state index is -0.00330. The van der Waals surface area contributed by atoms with E-state index in [4.69, 9.17) is 13.9 Å². The fourth-order valence-electron chi connectivity index (χ4n) is 3.59.